The van der Waals surface area contributed by atoms with Crippen LogP contribution in [0.2, 0.25) is 0 Å². The second-order valence-corrected chi connectivity index (χ2v) is 8.19. The molecule has 0 amide bonds. The molecule has 5 rings (SSSR count). The molecule has 0 saturated carbocycles. The molecule has 166 valence electrons. The van der Waals surface area contributed by atoms with Crippen LogP contribution in [0, 0.1) is 0 Å². The number of benzene rings is 3. The summed E-state index contributed by atoms with van der Waals surface area (Å²) in [5, 5.41) is 3.39. The van der Waals surface area contributed by atoms with Gasteiger partial charge < -0.3 is 14.8 Å². The standard InChI is InChI=1S/C28H27N3O2/c1-32-25-13-12-19(16-26(25)33-2)14-15-29-28-30-18-21-17-24(20-8-4-3-5-9-20)22-10-6-7-11-23(22)27(21)31-28/h3-13,16,18,24H,14-15,17H2,1-2H3,(H,29,30,31). The molecule has 1 aromatic heterocycles. The van der Waals surface area contributed by atoms with Gasteiger partial charge in [-0.2, -0.15) is 0 Å². The van der Waals surface area contributed by atoms with E-state index < -0.39 is 0 Å². The largest absolute Gasteiger partial charge is 0.493 e. The van der Waals surface area contributed by atoms with Crippen LogP contribution in [0.1, 0.15) is 28.2 Å². The van der Waals surface area contributed by atoms with Crippen LogP contribution in [0.25, 0.3) is 11.3 Å². The lowest BCUT2D eigenvalue weighted by molar-refractivity contribution is 0.354. The summed E-state index contributed by atoms with van der Waals surface area (Å²) < 4.78 is 10.7. The predicted molar refractivity (Wildman–Crippen MR) is 131 cm³/mol. The average Bonchev–Trinajstić information content (AvgIpc) is 2.88. The zero-order chi connectivity index (χ0) is 22.6. The van der Waals surface area contributed by atoms with Crippen molar-refractivity contribution < 1.29 is 9.47 Å². The van der Waals surface area contributed by atoms with Gasteiger partial charge >= 0.3 is 0 Å². The maximum Gasteiger partial charge on any atom is 0.223 e. The maximum absolute atomic E-state index is 5.41. The summed E-state index contributed by atoms with van der Waals surface area (Å²) in [5.74, 6) is 2.45. The Morgan fingerprint density at radius 3 is 2.52 bits per heavy atom. The molecule has 1 aliphatic rings. The number of rotatable bonds is 7. The highest BCUT2D eigenvalue weighted by molar-refractivity contribution is 5.72. The third-order valence-corrected chi connectivity index (χ3v) is 6.23. The van der Waals surface area contributed by atoms with Crippen LogP contribution in [0.15, 0.2) is 79.0 Å². The van der Waals surface area contributed by atoms with Crippen molar-refractivity contribution in [2.75, 3.05) is 26.1 Å². The number of anilines is 1. The summed E-state index contributed by atoms with van der Waals surface area (Å²) in [4.78, 5) is 9.53. The summed E-state index contributed by atoms with van der Waals surface area (Å²) in [6.45, 7) is 0.725. The summed E-state index contributed by atoms with van der Waals surface area (Å²) >= 11 is 0. The van der Waals surface area contributed by atoms with Gasteiger partial charge in [-0.1, -0.05) is 60.7 Å². The van der Waals surface area contributed by atoms with Crippen LogP contribution in [0.5, 0.6) is 11.5 Å². The Balaban J connectivity index is 1.35. The quantitative estimate of drug-likeness (QED) is 0.414. The van der Waals surface area contributed by atoms with E-state index >= 15 is 0 Å². The fourth-order valence-electron chi connectivity index (χ4n) is 4.56. The highest BCUT2D eigenvalue weighted by Crippen LogP contribution is 2.41. The van der Waals surface area contributed by atoms with Gasteiger partial charge in [-0.25, -0.2) is 9.97 Å². The van der Waals surface area contributed by atoms with Crippen molar-refractivity contribution in [3.05, 3.63) is 101 Å². The summed E-state index contributed by atoms with van der Waals surface area (Å²) in [6, 6.07) is 25.3. The monoisotopic (exact) mass is 437 g/mol. The van der Waals surface area contributed by atoms with Gasteiger partial charge in [-0.3, -0.25) is 0 Å². The SMILES string of the molecule is COc1ccc(CCNc2ncc3c(n2)-c2ccccc2C(c2ccccc2)C3)cc1OC. The average molecular weight is 438 g/mol. The van der Waals surface area contributed by atoms with Gasteiger partial charge in [-0.15, -0.1) is 0 Å². The Morgan fingerprint density at radius 1 is 0.909 bits per heavy atom. The van der Waals surface area contributed by atoms with Gasteiger partial charge in [0.05, 0.1) is 19.9 Å². The second-order valence-electron chi connectivity index (χ2n) is 8.19. The number of nitrogens with one attached hydrogen (secondary N) is 1. The van der Waals surface area contributed by atoms with Crippen molar-refractivity contribution in [1.29, 1.82) is 0 Å². The Morgan fingerprint density at radius 2 is 1.70 bits per heavy atom. The molecule has 5 heteroatoms. The molecule has 0 fully saturated rings. The van der Waals surface area contributed by atoms with E-state index in [1.165, 1.54) is 22.3 Å². The molecule has 1 aliphatic carbocycles. The first-order chi connectivity index (χ1) is 16.3. The van der Waals surface area contributed by atoms with Crippen molar-refractivity contribution in [2.45, 2.75) is 18.8 Å². The van der Waals surface area contributed by atoms with E-state index in [0.29, 0.717) is 11.9 Å². The zero-order valence-electron chi connectivity index (χ0n) is 18.9. The van der Waals surface area contributed by atoms with E-state index in [9.17, 15) is 0 Å². The molecule has 1 N–H and O–H groups in total. The number of fused-ring (bicyclic) bond motifs is 3. The highest BCUT2D eigenvalue weighted by atomic mass is 16.5. The lowest BCUT2D eigenvalue weighted by atomic mass is 9.78. The molecular weight excluding hydrogens is 410 g/mol. The fraction of sp³-hybridized carbons (Fsp3) is 0.214. The van der Waals surface area contributed by atoms with Gasteiger partial charge in [0.25, 0.3) is 0 Å². The molecular formula is C28H27N3O2. The number of nitrogens with zero attached hydrogens (tertiary/aromatic N) is 2. The fourth-order valence-corrected chi connectivity index (χ4v) is 4.56. The molecule has 0 radical (unpaired) electrons. The van der Waals surface area contributed by atoms with Crippen LogP contribution in [0.4, 0.5) is 5.95 Å². The summed E-state index contributed by atoms with van der Waals surface area (Å²) in [6.07, 6.45) is 3.71. The molecule has 1 atom stereocenters. The van der Waals surface area contributed by atoms with Crippen LogP contribution in [-0.4, -0.2) is 30.7 Å². The van der Waals surface area contributed by atoms with Crippen molar-refractivity contribution >= 4 is 5.95 Å². The second kappa shape index (κ2) is 9.33. The number of aromatic nitrogens is 2. The number of methoxy groups -OCH3 is 2. The van der Waals surface area contributed by atoms with Crippen LogP contribution >= 0.6 is 0 Å². The molecule has 5 nitrogen and oxygen atoms in total. The predicted octanol–water partition coefficient (Wildman–Crippen LogP) is 5.50. The third-order valence-electron chi connectivity index (χ3n) is 6.23. The van der Waals surface area contributed by atoms with Gasteiger partial charge in [0.1, 0.15) is 0 Å². The summed E-state index contributed by atoms with van der Waals surface area (Å²) in [7, 11) is 3.30. The van der Waals surface area contributed by atoms with Crippen LogP contribution in [-0.2, 0) is 12.8 Å². The number of hydrogen-bond acceptors (Lipinski definition) is 5. The van der Waals surface area contributed by atoms with Crippen LogP contribution < -0.4 is 14.8 Å². The molecule has 4 aromatic rings. The first-order valence-corrected chi connectivity index (χ1v) is 11.2. The molecule has 0 aliphatic heterocycles. The highest BCUT2D eigenvalue weighted by Gasteiger charge is 2.27. The number of hydrogen-bond donors (Lipinski definition) is 1. The van der Waals surface area contributed by atoms with E-state index in [2.05, 4.69) is 71.0 Å². The Labute approximate surface area is 194 Å². The molecule has 0 saturated heterocycles. The van der Waals surface area contributed by atoms with E-state index in [1.807, 2.05) is 18.3 Å². The molecule has 0 spiro atoms. The van der Waals surface area contributed by atoms with Gasteiger partial charge in [0.2, 0.25) is 5.95 Å². The lowest BCUT2D eigenvalue weighted by Gasteiger charge is -2.27. The first-order valence-electron chi connectivity index (χ1n) is 11.2. The van der Waals surface area contributed by atoms with Gasteiger partial charge in [0, 0.05) is 24.2 Å². The summed E-state index contributed by atoms with van der Waals surface area (Å²) in [5.41, 5.74) is 7.22. The first kappa shape index (κ1) is 21.0. The minimum Gasteiger partial charge on any atom is -0.493 e. The molecule has 33 heavy (non-hydrogen) atoms. The minimum atomic E-state index is 0.322. The van der Waals surface area contributed by atoms with E-state index in [-0.39, 0.29) is 0 Å². The topological polar surface area (TPSA) is 56.3 Å². The minimum absolute atomic E-state index is 0.322. The molecule has 3 aromatic carbocycles. The molecule has 0 bridgehead atoms. The van der Waals surface area contributed by atoms with E-state index in [1.54, 1.807) is 14.2 Å². The van der Waals surface area contributed by atoms with Crippen molar-refractivity contribution in [3.63, 3.8) is 0 Å². The Bertz CT molecular complexity index is 1260. The molecule has 1 unspecified atom stereocenters. The lowest BCUT2D eigenvalue weighted by Crippen LogP contribution is -2.16. The smallest absolute Gasteiger partial charge is 0.223 e. The Hall–Kier alpha value is -3.86. The van der Waals surface area contributed by atoms with Crippen molar-refractivity contribution in [1.82, 2.24) is 9.97 Å². The van der Waals surface area contributed by atoms with E-state index in [4.69, 9.17) is 14.5 Å². The van der Waals surface area contributed by atoms with Gasteiger partial charge in [0.15, 0.2) is 11.5 Å². The van der Waals surface area contributed by atoms with Crippen molar-refractivity contribution in [3.8, 4) is 22.8 Å². The third kappa shape index (κ3) is 4.27. The van der Waals surface area contributed by atoms with Crippen LogP contribution in [0.3, 0.4) is 0 Å². The maximum atomic E-state index is 5.41. The number of ether oxygens (including phenoxy) is 2. The normalized spacial score (nSPS) is 14.2. The Kier molecular flexibility index (Phi) is 5.94. The van der Waals surface area contributed by atoms with Gasteiger partial charge in [-0.05, 0) is 47.2 Å². The van der Waals surface area contributed by atoms with E-state index in [0.717, 1.165) is 42.1 Å². The van der Waals surface area contributed by atoms with Crippen molar-refractivity contribution in [2.24, 2.45) is 0 Å². The molecule has 1 heterocycles. The zero-order valence-corrected chi connectivity index (χ0v) is 18.9.